The van der Waals surface area contributed by atoms with Crippen molar-refractivity contribution in [3.63, 3.8) is 0 Å². The largest absolute Gasteiger partial charge is 0.455 e. The van der Waals surface area contributed by atoms with E-state index < -0.39 is 0 Å². The Balaban J connectivity index is 0.000000112. The lowest BCUT2D eigenvalue weighted by Crippen LogP contribution is -2.00. The van der Waals surface area contributed by atoms with Crippen molar-refractivity contribution in [3.8, 4) is 181 Å². The summed E-state index contributed by atoms with van der Waals surface area (Å²) >= 11 is 0. The van der Waals surface area contributed by atoms with Crippen LogP contribution in [0.4, 0.5) is 0 Å². The molecule has 0 aliphatic rings. The molecule has 0 aliphatic carbocycles. The first-order valence-electron chi connectivity index (χ1n) is 48.8. The fraction of sp³-hybridized carbons (Fsp3) is 0. The number of pyridine rings is 3. The van der Waals surface area contributed by atoms with Gasteiger partial charge in [0.1, 0.15) is 33.5 Å². The van der Waals surface area contributed by atoms with E-state index >= 15 is 0 Å². The van der Waals surface area contributed by atoms with Crippen LogP contribution in [0, 0.1) is 0 Å². The Labute approximate surface area is 844 Å². The molecule has 0 saturated carbocycles. The van der Waals surface area contributed by atoms with E-state index in [1.54, 1.807) is 0 Å². The van der Waals surface area contributed by atoms with Gasteiger partial charge in [-0.15, -0.1) is 0 Å². The molecule has 0 bridgehead atoms. The normalized spacial score (nSPS) is 11.4. The lowest BCUT2D eigenvalue weighted by atomic mass is 9.98. The third kappa shape index (κ3) is 17.1. The summed E-state index contributed by atoms with van der Waals surface area (Å²) in [6.07, 6.45) is 0. The first-order valence-corrected chi connectivity index (χ1v) is 48.8. The molecular weight excluding hydrogens is 1800 g/mol. The molecule has 15 heteroatoms. The Morgan fingerprint density at radius 2 is 0.299 bits per heavy atom. The molecule has 28 aromatic rings. The summed E-state index contributed by atoms with van der Waals surface area (Å²) < 4.78 is 19.7. The number of hydrogen-bond donors (Lipinski definition) is 0. The number of nitrogens with zero attached hydrogens (tertiary/aromatic N) is 12. The zero-order valence-electron chi connectivity index (χ0n) is 78.9. The third-order valence-corrected chi connectivity index (χ3v) is 26.8. The monoisotopic (exact) mass is 1880 g/mol. The molecule has 0 amide bonds. The van der Waals surface area contributed by atoms with Crippen molar-refractivity contribution < 1.29 is 13.3 Å². The van der Waals surface area contributed by atoms with E-state index in [1.165, 1.54) is 5.56 Å². The Bertz CT molecular complexity index is 9690. The van der Waals surface area contributed by atoms with E-state index in [9.17, 15) is 0 Å². The predicted octanol–water partition coefficient (Wildman–Crippen LogP) is 33.6. The van der Waals surface area contributed by atoms with Crippen LogP contribution in [0.5, 0.6) is 0 Å². The number of hydrogen-bond acceptors (Lipinski definition) is 15. The van der Waals surface area contributed by atoms with Crippen LogP contribution in [-0.2, 0) is 0 Å². The summed E-state index contributed by atoms with van der Waals surface area (Å²) in [5.41, 5.74) is 30.5. The topological polar surface area (TPSA) is 194 Å². The first-order chi connectivity index (χ1) is 72.8. The summed E-state index contributed by atoms with van der Waals surface area (Å²) in [6, 6.07) is 169. The van der Waals surface area contributed by atoms with Crippen molar-refractivity contribution in [1.29, 1.82) is 0 Å². The van der Waals surface area contributed by atoms with Gasteiger partial charge in [0, 0.05) is 99.1 Å². The summed E-state index contributed by atoms with van der Waals surface area (Å²) in [5.74, 6) is 5.58. The molecule has 28 rings (SSSR count). The summed E-state index contributed by atoms with van der Waals surface area (Å²) in [4.78, 5) is 60.1. The maximum absolute atomic E-state index is 6.59. The maximum atomic E-state index is 6.59. The molecule has 0 N–H and O–H groups in total. The van der Waals surface area contributed by atoms with Gasteiger partial charge in [-0.05, 0) is 105 Å². The minimum Gasteiger partial charge on any atom is -0.455 e. The van der Waals surface area contributed by atoms with Crippen LogP contribution in [0.1, 0.15) is 0 Å². The Kier molecular flexibility index (Phi) is 22.6. The smallest absolute Gasteiger partial charge is 0.164 e. The molecule has 9 aromatic heterocycles. The fourth-order valence-corrected chi connectivity index (χ4v) is 19.5. The highest BCUT2D eigenvalue weighted by Gasteiger charge is 2.26. The van der Waals surface area contributed by atoms with Gasteiger partial charge in [-0.1, -0.05) is 437 Å². The van der Waals surface area contributed by atoms with Crippen molar-refractivity contribution in [2.24, 2.45) is 0 Å². The van der Waals surface area contributed by atoms with Gasteiger partial charge in [0.15, 0.2) is 52.4 Å². The molecule has 0 atom stereocenters. The van der Waals surface area contributed by atoms with Crippen molar-refractivity contribution in [3.05, 3.63) is 497 Å². The molecule has 19 aromatic carbocycles. The summed E-state index contributed by atoms with van der Waals surface area (Å²) in [7, 11) is 0. The van der Waals surface area contributed by atoms with Gasteiger partial charge in [0.2, 0.25) is 0 Å². The van der Waals surface area contributed by atoms with E-state index in [-0.39, 0.29) is 0 Å². The van der Waals surface area contributed by atoms with Crippen LogP contribution in [0.2, 0.25) is 0 Å². The highest BCUT2D eigenvalue weighted by atomic mass is 16.3. The van der Waals surface area contributed by atoms with Crippen LogP contribution in [0.15, 0.2) is 511 Å². The molecular formula is C132H82N12O3. The number of fused-ring (bicyclic) bond motifs is 15. The van der Waals surface area contributed by atoms with Crippen LogP contribution >= 0.6 is 0 Å². The molecule has 0 aliphatic heterocycles. The zero-order chi connectivity index (χ0) is 97.5. The maximum Gasteiger partial charge on any atom is 0.164 e. The van der Waals surface area contributed by atoms with Gasteiger partial charge in [-0.2, -0.15) is 0 Å². The van der Waals surface area contributed by atoms with E-state index in [2.05, 4.69) is 255 Å². The average molecular weight is 1880 g/mol. The second-order valence-electron chi connectivity index (χ2n) is 36.0. The van der Waals surface area contributed by atoms with Crippen LogP contribution < -0.4 is 0 Å². The molecule has 0 unspecified atom stereocenters. The lowest BCUT2D eigenvalue weighted by molar-refractivity contribution is 0.672. The van der Waals surface area contributed by atoms with Crippen molar-refractivity contribution in [1.82, 2.24) is 59.8 Å². The number of rotatable bonds is 16. The SMILES string of the molecule is c1ccc(-c2ccc(-c3nc(-c4ccccc4)nc(-c4ccc(-c5nc6ccc(-c7ccccc7)cc6c6oc7ccccc7c56)cc4)n3)cc2)cc1.c1ccc(-c2ccc3nc(-c4ccc(-c5nc(-c6ccccc6)nc(-c6ccccc6)n5)cc4)c4c5ccccc5oc4c3c2)cc1.c1ccc(-c2ccc3nc(-c4cccc(-c5nc(-c6ccccc6)nc(-c6ccccc6)n5)c4)c4c5ccccc5oc4c3c2)cc1. The molecule has 688 valence electrons. The molecule has 0 fully saturated rings. The van der Waals surface area contributed by atoms with Crippen molar-refractivity contribution >= 4 is 98.5 Å². The zero-order valence-corrected chi connectivity index (χ0v) is 78.9. The Hall–Kier alpha value is -20.2. The summed E-state index contributed by atoms with van der Waals surface area (Å²) in [5, 5.41) is 9.05. The molecule has 0 saturated heterocycles. The quantitative estimate of drug-likeness (QED) is 0.0886. The number of furan rings is 3. The minimum absolute atomic E-state index is 0.598. The minimum atomic E-state index is 0.598. The van der Waals surface area contributed by atoms with Crippen molar-refractivity contribution in [2.45, 2.75) is 0 Å². The standard InChI is InChI=1S/C48H30N4O.2C42H26N4O/c1-4-12-31(13-5-1)33-20-24-36(25-21-33)47-50-46(35-16-8-3-9-17-35)51-48(52-47)37-26-22-34(23-27-37)44-43-39-18-10-11-19-42(39)53-45(43)40-30-38(28-29-41(40)49-44)32-14-6-2-7-15-32;1-4-13-27(14-5-1)30-23-24-35-34(26-30)39-37(33-21-10-11-22-36(33)47-39)38(43-35)31-19-12-20-32(25-31)42-45-40(28-15-6-2-7-16-28)44-41(46-42)29-17-8-3-9-18-29;1-4-12-27(13-5-1)32-24-25-35-34(26-32)39-37(33-18-10-11-19-36(33)47-39)38(43-35)28-20-22-31(23-21-28)42-45-40(29-14-6-2-7-15-29)44-41(46-42)30-16-8-3-9-17-30/h1-30H;2*1-26H. The van der Waals surface area contributed by atoms with Gasteiger partial charge in [0.05, 0.1) is 49.8 Å². The van der Waals surface area contributed by atoms with Crippen LogP contribution in [-0.4, -0.2) is 59.8 Å². The highest BCUT2D eigenvalue weighted by molar-refractivity contribution is 6.23. The van der Waals surface area contributed by atoms with Crippen LogP contribution in [0.3, 0.4) is 0 Å². The van der Waals surface area contributed by atoms with E-state index in [0.717, 1.165) is 221 Å². The molecule has 9 heterocycles. The second kappa shape index (κ2) is 38.1. The first kappa shape index (κ1) is 87.1. The van der Waals surface area contributed by atoms with Gasteiger partial charge in [0.25, 0.3) is 0 Å². The molecule has 0 radical (unpaired) electrons. The summed E-state index contributed by atoms with van der Waals surface area (Å²) in [6.45, 7) is 0. The van der Waals surface area contributed by atoms with Crippen molar-refractivity contribution in [2.75, 3.05) is 0 Å². The van der Waals surface area contributed by atoms with Gasteiger partial charge >= 0.3 is 0 Å². The Morgan fingerprint density at radius 3 is 0.571 bits per heavy atom. The number of aromatic nitrogens is 12. The van der Waals surface area contributed by atoms with Gasteiger partial charge in [-0.3, -0.25) is 0 Å². The van der Waals surface area contributed by atoms with E-state index in [0.29, 0.717) is 52.4 Å². The van der Waals surface area contributed by atoms with E-state index in [4.69, 9.17) is 73.1 Å². The van der Waals surface area contributed by atoms with Gasteiger partial charge in [-0.25, -0.2) is 59.8 Å². The lowest BCUT2D eigenvalue weighted by Gasteiger charge is -2.11. The molecule has 15 nitrogen and oxygen atoms in total. The molecule has 147 heavy (non-hydrogen) atoms. The number of benzene rings is 19. The average Bonchev–Trinajstić information content (AvgIpc) is 1.62. The predicted molar refractivity (Wildman–Crippen MR) is 594 cm³/mol. The third-order valence-electron chi connectivity index (χ3n) is 26.8. The van der Waals surface area contributed by atoms with Gasteiger partial charge < -0.3 is 13.3 Å². The number of para-hydroxylation sites is 3. The molecule has 0 spiro atoms. The second-order valence-corrected chi connectivity index (χ2v) is 36.0. The van der Waals surface area contributed by atoms with Crippen LogP contribution in [0.25, 0.3) is 279 Å². The fourth-order valence-electron chi connectivity index (χ4n) is 19.5. The van der Waals surface area contributed by atoms with E-state index in [1.807, 2.05) is 243 Å². The highest BCUT2D eigenvalue weighted by Crippen LogP contribution is 2.47. The Morgan fingerprint density at radius 1 is 0.116 bits per heavy atom.